The van der Waals surface area contributed by atoms with Gasteiger partial charge < -0.3 is 10.6 Å². The van der Waals surface area contributed by atoms with Crippen LogP contribution in [0.2, 0.25) is 0 Å². The smallest absolute Gasteiger partial charge is 0.243 e. The molecule has 0 unspecified atom stereocenters. The van der Waals surface area contributed by atoms with Crippen LogP contribution in [0.15, 0.2) is 29.2 Å². The molecule has 1 aromatic rings. The second-order valence-corrected chi connectivity index (χ2v) is 8.52. The summed E-state index contributed by atoms with van der Waals surface area (Å²) in [6.07, 6.45) is 3.15. The highest BCUT2D eigenvalue weighted by atomic mass is 32.2. The van der Waals surface area contributed by atoms with Gasteiger partial charge in [-0.1, -0.05) is 26.0 Å². The quantitative estimate of drug-likeness (QED) is 0.473. The standard InChI is InChI=1S/C16H27N3O2S3/c1-4-19(5-2)24(20,21)15-9-7-14(8-10-15)13-18-16(22)17-11-6-12-23-3/h7-10H,4-6,11-13H2,1-3H3,(H2,17,18,22). The first kappa shape index (κ1) is 21.2. The van der Waals surface area contributed by atoms with Gasteiger partial charge in [0, 0.05) is 26.2 Å². The predicted octanol–water partition coefficient (Wildman–Crippen LogP) is 2.43. The van der Waals surface area contributed by atoms with Crippen molar-refractivity contribution in [2.75, 3.05) is 31.6 Å². The minimum absolute atomic E-state index is 0.327. The van der Waals surface area contributed by atoms with E-state index < -0.39 is 10.0 Å². The van der Waals surface area contributed by atoms with E-state index in [0.717, 1.165) is 24.3 Å². The average Bonchev–Trinajstić information content (AvgIpc) is 2.58. The number of hydrogen-bond acceptors (Lipinski definition) is 4. The van der Waals surface area contributed by atoms with Crippen molar-refractivity contribution in [3.63, 3.8) is 0 Å². The van der Waals surface area contributed by atoms with E-state index in [1.807, 2.05) is 37.7 Å². The zero-order valence-corrected chi connectivity index (χ0v) is 17.0. The van der Waals surface area contributed by atoms with Crippen LogP contribution < -0.4 is 10.6 Å². The lowest BCUT2D eigenvalue weighted by Crippen LogP contribution is -2.35. The molecule has 0 saturated heterocycles. The van der Waals surface area contributed by atoms with E-state index in [-0.39, 0.29) is 0 Å². The molecule has 0 aliphatic rings. The molecule has 24 heavy (non-hydrogen) atoms. The van der Waals surface area contributed by atoms with E-state index in [4.69, 9.17) is 12.2 Å². The zero-order chi connectivity index (χ0) is 18.0. The van der Waals surface area contributed by atoms with Gasteiger partial charge in [0.2, 0.25) is 10.0 Å². The summed E-state index contributed by atoms with van der Waals surface area (Å²) in [7, 11) is -3.39. The molecular weight excluding hydrogens is 362 g/mol. The third-order valence-electron chi connectivity index (χ3n) is 3.53. The fourth-order valence-corrected chi connectivity index (χ4v) is 4.22. The molecule has 1 rings (SSSR count). The molecule has 136 valence electrons. The number of thioether (sulfide) groups is 1. The van der Waals surface area contributed by atoms with E-state index >= 15 is 0 Å². The van der Waals surface area contributed by atoms with Crippen molar-refractivity contribution in [2.45, 2.75) is 31.7 Å². The molecular formula is C16H27N3O2S3. The number of sulfonamides is 1. The lowest BCUT2D eigenvalue weighted by Gasteiger charge is -2.18. The van der Waals surface area contributed by atoms with Gasteiger partial charge in [-0.2, -0.15) is 16.1 Å². The minimum Gasteiger partial charge on any atom is -0.363 e. The summed E-state index contributed by atoms with van der Waals surface area (Å²) in [5, 5.41) is 6.91. The Morgan fingerprint density at radius 1 is 1.17 bits per heavy atom. The van der Waals surface area contributed by atoms with Crippen molar-refractivity contribution in [1.82, 2.24) is 14.9 Å². The molecule has 0 aromatic heterocycles. The highest BCUT2D eigenvalue weighted by Crippen LogP contribution is 2.16. The Morgan fingerprint density at radius 3 is 2.33 bits per heavy atom. The molecule has 0 atom stereocenters. The Labute approximate surface area is 155 Å². The van der Waals surface area contributed by atoms with Crippen molar-refractivity contribution in [1.29, 1.82) is 0 Å². The Balaban J connectivity index is 2.55. The van der Waals surface area contributed by atoms with Gasteiger partial charge in [-0.25, -0.2) is 8.42 Å². The molecule has 0 bridgehead atoms. The Bertz CT molecular complexity index is 599. The van der Waals surface area contributed by atoms with E-state index in [1.165, 1.54) is 4.31 Å². The van der Waals surface area contributed by atoms with Crippen LogP contribution in [-0.4, -0.2) is 49.5 Å². The van der Waals surface area contributed by atoms with Crippen molar-refractivity contribution >= 4 is 39.1 Å². The molecule has 5 nitrogen and oxygen atoms in total. The van der Waals surface area contributed by atoms with Crippen molar-refractivity contribution in [3.05, 3.63) is 29.8 Å². The zero-order valence-electron chi connectivity index (χ0n) is 14.5. The summed E-state index contributed by atoms with van der Waals surface area (Å²) in [6, 6.07) is 6.94. The average molecular weight is 390 g/mol. The largest absolute Gasteiger partial charge is 0.363 e. The van der Waals surface area contributed by atoms with Crippen LogP contribution in [0.5, 0.6) is 0 Å². The first-order valence-corrected chi connectivity index (χ1v) is 11.3. The number of benzene rings is 1. The Hall–Kier alpha value is -0.830. The number of rotatable bonds is 10. The van der Waals surface area contributed by atoms with Gasteiger partial charge in [-0.15, -0.1) is 0 Å². The molecule has 0 saturated carbocycles. The second kappa shape index (κ2) is 10.9. The van der Waals surface area contributed by atoms with Crippen LogP contribution >= 0.6 is 24.0 Å². The van der Waals surface area contributed by atoms with E-state index in [1.54, 1.807) is 12.1 Å². The maximum atomic E-state index is 12.4. The third-order valence-corrected chi connectivity index (χ3v) is 6.58. The molecule has 0 spiro atoms. The summed E-state index contributed by atoms with van der Waals surface area (Å²) in [6.45, 7) is 6.05. The SMILES string of the molecule is CCN(CC)S(=O)(=O)c1ccc(CNC(=S)NCCCSC)cc1. The molecule has 0 radical (unpaired) electrons. The fourth-order valence-electron chi connectivity index (χ4n) is 2.16. The van der Waals surface area contributed by atoms with Gasteiger partial charge >= 0.3 is 0 Å². The van der Waals surface area contributed by atoms with Gasteiger partial charge in [0.25, 0.3) is 0 Å². The van der Waals surface area contributed by atoms with Gasteiger partial charge in [-0.05, 0) is 48.3 Å². The number of thiocarbonyl (C=S) groups is 1. The third kappa shape index (κ3) is 6.58. The van der Waals surface area contributed by atoms with E-state index in [9.17, 15) is 8.42 Å². The summed E-state index contributed by atoms with van der Waals surface area (Å²) >= 11 is 7.04. The monoisotopic (exact) mass is 389 g/mol. The highest BCUT2D eigenvalue weighted by Gasteiger charge is 2.20. The van der Waals surface area contributed by atoms with Crippen molar-refractivity contribution in [2.24, 2.45) is 0 Å². The van der Waals surface area contributed by atoms with Crippen LogP contribution in [0.4, 0.5) is 0 Å². The van der Waals surface area contributed by atoms with Crippen molar-refractivity contribution in [3.8, 4) is 0 Å². The lowest BCUT2D eigenvalue weighted by molar-refractivity contribution is 0.445. The predicted molar refractivity (Wildman–Crippen MR) is 107 cm³/mol. The topological polar surface area (TPSA) is 61.4 Å². The lowest BCUT2D eigenvalue weighted by atomic mass is 10.2. The second-order valence-electron chi connectivity index (χ2n) is 5.19. The van der Waals surface area contributed by atoms with Gasteiger partial charge in [0.15, 0.2) is 5.11 Å². The van der Waals surface area contributed by atoms with Crippen LogP contribution in [0.25, 0.3) is 0 Å². The van der Waals surface area contributed by atoms with Crippen molar-refractivity contribution < 1.29 is 8.42 Å². The summed E-state index contributed by atoms with van der Waals surface area (Å²) in [5.41, 5.74) is 0.988. The first-order valence-electron chi connectivity index (χ1n) is 8.05. The maximum absolute atomic E-state index is 12.4. The summed E-state index contributed by atoms with van der Waals surface area (Å²) in [5.74, 6) is 1.11. The Morgan fingerprint density at radius 2 is 1.79 bits per heavy atom. The maximum Gasteiger partial charge on any atom is 0.243 e. The number of nitrogens with zero attached hydrogens (tertiary/aromatic N) is 1. The number of hydrogen-bond donors (Lipinski definition) is 2. The minimum atomic E-state index is -3.39. The van der Waals surface area contributed by atoms with Crippen LogP contribution in [-0.2, 0) is 16.6 Å². The molecule has 2 N–H and O–H groups in total. The first-order chi connectivity index (χ1) is 11.5. The number of nitrogens with one attached hydrogen (secondary N) is 2. The Kier molecular flexibility index (Phi) is 9.65. The summed E-state index contributed by atoms with van der Waals surface area (Å²) < 4.78 is 26.3. The van der Waals surface area contributed by atoms with Gasteiger partial charge in [0.05, 0.1) is 4.90 Å². The van der Waals surface area contributed by atoms with E-state index in [2.05, 4.69) is 16.9 Å². The molecule has 1 aromatic carbocycles. The van der Waals surface area contributed by atoms with Crippen LogP contribution in [0.1, 0.15) is 25.8 Å². The molecule has 8 heteroatoms. The molecule has 0 fully saturated rings. The van der Waals surface area contributed by atoms with E-state index in [0.29, 0.717) is 29.6 Å². The van der Waals surface area contributed by atoms with Gasteiger partial charge in [0.1, 0.15) is 0 Å². The van der Waals surface area contributed by atoms with Crippen LogP contribution in [0.3, 0.4) is 0 Å². The van der Waals surface area contributed by atoms with Crippen LogP contribution in [0, 0.1) is 0 Å². The molecule has 0 heterocycles. The highest BCUT2D eigenvalue weighted by molar-refractivity contribution is 7.98. The normalized spacial score (nSPS) is 11.5. The summed E-state index contributed by atoms with van der Waals surface area (Å²) in [4.78, 5) is 0.327. The molecule has 0 amide bonds. The molecule has 0 aliphatic heterocycles. The fraction of sp³-hybridized carbons (Fsp3) is 0.562. The molecule has 0 aliphatic carbocycles. The van der Waals surface area contributed by atoms with Gasteiger partial charge in [-0.3, -0.25) is 0 Å².